The topological polar surface area (TPSA) is 72.6 Å². The van der Waals surface area contributed by atoms with E-state index in [1.165, 1.54) is 24.3 Å². The van der Waals surface area contributed by atoms with Crippen LogP contribution in [0.3, 0.4) is 0 Å². The van der Waals surface area contributed by atoms with Gasteiger partial charge in [0.15, 0.2) is 0 Å². The highest BCUT2D eigenvalue weighted by Crippen LogP contribution is 2.24. The quantitative estimate of drug-likeness (QED) is 0.890. The molecule has 1 aromatic rings. The standard InChI is InChI=1S/C16H19F3N2O3/c17-16(18,19)24-13-3-1-11(2-4-13)10-15(23)21-7-5-12(6-8-21)9-14(20)22/h1-4,12H,5-10H2,(H2,20,22). The number of hydrogen-bond acceptors (Lipinski definition) is 3. The minimum absolute atomic E-state index is 0.0861. The Kier molecular flexibility index (Phi) is 5.69. The number of likely N-dealkylation sites (tertiary alicyclic amines) is 1. The van der Waals surface area contributed by atoms with Gasteiger partial charge in [-0.05, 0) is 36.5 Å². The number of halogens is 3. The summed E-state index contributed by atoms with van der Waals surface area (Å²) in [6, 6.07) is 5.27. The van der Waals surface area contributed by atoms with Crippen molar-refractivity contribution < 1.29 is 27.5 Å². The van der Waals surface area contributed by atoms with Crippen molar-refractivity contribution in [3.05, 3.63) is 29.8 Å². The summed E-state index contributed by atoms with van der Waals surface area (Å²) in [5, 5.41) is 0. The second kappa shape index (κ2) is 7.55. The van der Waals surface area contributed by atoms with E-state index in [0.717, 1.165) is 12.8 Å². The van der Waals surface area contributed by atoms with Crippen LogP contribution in [0.15, 0.2) is 24.3 Å². The Morgan fingerprint density at radius 2 is 1.75 bits per heavy atom. The Bertz CT molecular complexity index is 579. The Hall–Kier alpha value is -2.25. The van der Waals surface area contributed by atoms with Crippen molar-refractivity contribution in [3.8, 4) is 5.75 Å². The summed E-state index contributed by atoms with van der Waals surface area (Å²) in [5.41, 5.74) is 5.79. The van der Waals surface area contributed by atoms with E-state index in [1.807, 2.05) is 0 Å². The molecule has 8 heteroatoms. The number of carbonyl (C=O) groups excluding carboxylic acids is 2. The number of primary amides is 1. The molecule has 0 aliphatic carbocycles. The molecule has 1 saturated heterocycles. The Balaban J connectivity index is 1.83. The van der Waals surface area contributed by atoms with E-state index in [2.05, 4.69) is 4.74 Å². The highest BCUT2D eigenvalue weighted by Gasteiger charge is 2.31. The first kappa shape index (κ1) is 18.1. The first-order valence-corrected chi connectivity index (χ1v) is 7.63. The third-order valence-electron chi connectivity index (χ3n) is 3.97. The number of nitrogens with two attached hydrogens (primary N) is 1. The maximum Gasteiger partial charge on any atom is 0.573 e. The monoisotopic (exact) mass is 344 g/mol. The van der Waals surface area contributed by atoms with Crippen molar-refractivity contribution in [2.24, 2.45) is 11.7 Å². The number of rotatable bonds is 5. The van der Waals surface area contributed by atoms with Gasteiger partial charge in [0, 0.05) is 19.5 Å². The van der Waals surface area contributed by atoms with Gasteiger partial charge in [0.1, 0.15) is 5.75 Å². The molecule has 1 aliphatic rings. The van der Waals surface area contributed by atoms with Gasteiger partial charge in [-0.25, -0.2) is 0 Å². The molecule has 1 aliphatic heterocycles. The summed E-state index contributed by atoms with van der Waals surface area (Å²) >= 11 is 0. The normalized spacial score (nSPS) is 16.0. The molecule has 0 atom stereocenters. The molecule has 1 heterocycles. The lowest BCUT2D eigenvalue weighted by molar-refractivity contribution is -0.274. The van der Waals surface area contributed by atoms with E-state index < -0.39 is 6.36 Å². The lowest BCUT2D eigenvalue weighted by Crippen LogP contribution is -2.40. The molecule has 24 heavy (non-hydrogen) atoms. The lowest BCUT2D eigenvalue weighted by atomic mass is 9.93. The van der Waals surface area contributed by atoms with Gasteiger partial charge < -0.3 is 15.4 Å². The summed E-state index contributed by atoms with van der Waals surface area (Å²) in [5.74, 6) is -0.519. The van der Waals surface area contributed by atoms with Crippen molar-refractivity contribution in [1.29, 1.82) is 0 Å². The summed E-state index contributed by atoms with van der Waals surface area (Å²) in [7, 11) is 0. The minimum atomic E-state index is -4.73. The van der Waals surface area contributed by atoms with Crippen LogP contribution in [0.1, 0.15) is 24.8 Å². The predicted octanol–water partition coefficient (Wildman–Crippen LogP) is 2.24. The molecule has 2 rings (SSSR count). The lowest BCUT2D eigenvalue weighted by Gasteiger charge is -2.31. The van der Waals surface area contributed by atoms with Gasteiger partial charge in [0.25, 0.3) is 0 Å². The zero-order valence-electron chi connectivity index (χ0n) is 13.0. The molecule has 0 aromatic heterocycles. The Labute approximate surface area is 137 Å². The molecular weight excluding hydrogens is 325 g/mol. The van der Waals surface area contributed by atoms with E-state index in [1.54, 1.807) is 4.90 Å². The molecule has 1 fully saturated rings. The fourth-order valence-corrected chi connectivity index (χ4v) is 2.77. The zero-order chi connectivity index (χ0) is 17.7. The number of ether oxygens (including phenoxy) is 1. The molecule has 5 nitrogen and oxygen atoms in total. The Morgan fingerprint density at radius 3 is 2.25 bits per heavy atom. The maximum absolute atomic E-state index is 12.2. The van der Waals surface area contributed by atoms with Crippen LogP contribution >= 0.6 is 0 Å². The third kappa shape index (κ3) is 5.75. The summed E-state index contributed by atoms with van der Waals surface area (Å²) in [6.45, 7) is 1.12. The van der Waals surface area contributed by atoms with Gasteiger partial charge in [0.2, 0.25) is 11.8 Å². The van der Waals surface area contributed by atoms with E-state index in [0.29, 0.717) is 25.1 Å². The fourth-order valence-electron chi connectivity index (χ4n) is 2.77. The second-order valence-electron chi connectivity index (χ2n) is 5.86. The highest BCUT2D eigenvalue weighted by atomic mass is 19.4. The van der Waals surface area contributed by atoms with E-state index in [4.69, 9.17) is 5.73 Å². The van der Waals surface area contributed by atoms with Crippen molar-refractivity contribution in [2.45, 2.75) is 32.0 Å². The number of amides is 2. The van der Waals surface area contributed by atoms with Crippen LogP contribution in [0.2, 0.25) is 0 Å². The van der Waals surface area contributed by atoms with Gasteiger partial charge in [-0.15, -0.1) is 13.2 Å². The largest absolute Gasteiger partial charge is 0.573 e. The molecule has 0 unspecified atom stereocenters. The molecule has 132 valence electrons. The first-order chi connectivity index (χ1) is 11.2. The van der Waals surface area contributed by atoms with Crippen LogP contribution in [-0.4, -0.2) is 36.2 Å². The minimum Gasteiger partial charge on any atom is -0.406 e. The number of benzene rings is 1. The van der Waals surface area contributed by atoms with Crippen LogP contribution in [0, 0.1) is 5.92 Å². The van der Waals surface area contributed by atoms with Gasteiger partial charge in [0.05, 0.1) is 6.42 Å². The van der Waals surface area contributed by atoms with Crippen molar-refractivity contribution >= 4 is 11.8 Å². The van der Waals surface area contributed by atoms with Crippen molar-refractivity contribution in [2.75, 3.05) is 13.1 Å². The molecule has 0 saturated carbocycles. The molecular formula is C16H19F3N2O3. The molecule has 0 radical (unpaired) electrons. The number of piperidine rings is 1. The SMILES string of the molecule is NC(=O)CC1CCN(C(=O)Cc2ccc(OC(F)(F)F)cc2)CC1. The van der Waals surface area contributed by atoms with Crippen LogP contribution in [0.4, 0.5) is 13.2 Å². The van der Waals surface area contributed by atoms with Gasteiger partial charge in [-0.1, -0.05) is 12.1 Å². The first-order valence-electron chi connectivity index (χ1n) is 7.63. The van der Waals surface area contributed by atoms with Gasteiger partial charge >= 0.3 is 6.36 Å². The summed E-state index contributed by atoms with van der Waals surface area (Å²) in [4.78, 5) is 24.8. The van der Waals surface area contributed by atoms with Crippen LogP contribution < -0.4 is 10.5 Å². The number of nitrogens with zero attached hydrogens (tertiary/aromatic N) is 1. The third-order valence-corrected chi connectivity index (χ3v) is 3.97. The zero-order valence-corrected chi connectivity index (χ0v) is 13.0. The van der Waals surface area contributed by atoms with E-state index in [-0.39, 0.29) is 29.9 Å². The average Bonchev–Trinajstić information content (AvgIpc) is 2.48. The molecule has 0 spiro atoms. The number of alkyl halides is 3. The average molecular weight is 344 g/mol. The number of carbonyl (C=O) groups is 2. The van der Waals surface area contributed by atoms with E-state index in [9.17, 15) is 22.8 Å². The maximum atomic E-state index is 12.2. The smallest absolute Gasteiger partial charge is 0.406 e. The highest BCUT2D eigenvalue weighted by molar-refractivity contribution is 5.79. The molecule has 2 N–H and O–H groups in total. The predicted molar refractivity (Wildman–Crippen MR) is 79.9 cm³/mol. The molecule has 0 bridgehead atoms. The summed E-state index contributed by atoms with van der Waals surface area (Å²) < 4.78 is 40.1. The van der Waals surface area contributed by atoms with Gasteiger partial charge in [-0.2, -0.15) is 0 Å². The summed E-state index contributed by atoms with van der Waals surface area (Å²) in [6.07, 6.45) is -2.82. The number of hydrogen-bond donors (Lipinski definition) is 1. The Morgan fingerprint density at radius 1 is 1.17 bits per heavy atom. The van der Waals surface area contributed by atoms with Gasteiger partial charge in [-0.3, -0.25) is 9.59 Å². The molecule has 2 amide bonds. The van der Waals surface area contributed by atoms with Crippen LogP contribution in [-0.2, 0) is 16.0 Å². The van der Waals surface area contributed by atoms with Crippen LogP contribution in [0.25, 0.3) is 0 Å². The van der Waals surface area contributed by atoms with Crippen molar-refractivity contribution in [1.82, 2.24) is 4.90 Å². The van der Waals surface area contributed by atoms with Crippen LogP contribution in [0.5, 0.6) is 5.75 Å². The van der Waals surface area contributed by atoms with Crippen molar-refractivity contribution in [3.63, 3.8) is 0 Å². The second-order valence-corrected chi connectivity index (χ2v) is 5.86. The fraction of sp³-hybridized carbons (Fsp3) is 0.500. The van der Waals surface area contributed by atoms with E-state index >= 15 is 0 Å². The molecule has 1 aromatic carbocycles.